The first-order valence-electron chi connectivity index (χ1n) is 8.50. The molecule has 0 saturated heterocycles. The van der Waals surface area contributed by atoms with Crippen molar-refractivity contribution in [2.75, 3.05) is 18.5 Å². The van der Waals surface area contributed by atoms with Gasteiger partial charge in [0.1, 0.15) is 17.3 Å². The number of methoxy groups -OCH3 is 2. The van der Waals surface area contributed by atoms with Crippen LogP contribution in [0.4, 0.5) is 10.1 Å². The van der Waals surface area contributed by atoms with Crippen LogP contribution in [0.3, 0.4) is 0 Å². The van der Waals surface area contributed by atoms with Crippen LogP contribution in [-0.4, -0.2) is 22.6 Å². The highest BCUT2D eigenvalue weighted by Crippen LogP contribution is 2.30. The lowest BCUT2D eigenvalue weighted by molar-refractivity contribution is 0.414. The molecule has 28 heavy (non-hydrogen) atoms. The number of anilines is 1. The van der Waals surface area contributed by atoms with E-state index in [1.165, 1.54) is 32.4 Å². The summed E-state index contributed by atoms with van der Waals surface area (Å²) in [7, 11) is -0.961. The normalized spacial score (nSPS) is 11.1. The Morgan fingerprint density at radius 1 is 0.857 bits per heavy atom. The molecule has 3 aromatic rings. The molecular formula is C21H20FNO4S. The zero-order chi connectivity index (χ0) is 20.1. The van der Waals surface area contributed by atoms with Crippen LogP contribution in [0, 0.1) is 5.82 Å². The van der Waals surface area contributed by atoms with Crippen molar-refractivity contribution in [3.05, 3.63) is 84.2 Å². The Morgan fingerprint density at radius 3 is 2.18 bits per heavy atom. The summed E-state index contributed by atoms with van der Waals surface area (Å²) in [4.78, 5) is 0.0764. The van der Waals surface area contributed by atoms with Gasteiger partial charge in [-0.05, 0) is 42.5 Å². The number of nitrogens with zero attached hydrogens (tertiary/aromatic N) is 1. The van der Waals surface area contributed by atoms with Gasteiger partial charge in [-0.25, -0.2) is 12.8 Å². The van der Waals surface area contributed by atoms with Gasteiger partial charge in [-0.15, -0.1) is 0 Å². The predicted octanol–water partition coefficient (Wildman–Crippen LogP) is 4.24. The molecule has 0 amide bonds. The van der Waals surface area contributed by atoms with Crippen LogP contribution in [0.2, 0.25) is 0 Å². The second-order valence-corrected chi connectivity index (χ2v) is 7.84. The number of benzene rings is 3. The Hall–Kier alpha value is -3.06. The molecule has 0 aliphatic rings. The molecule has 3 rings (SSSR count). The Kier molecular flexibility index (Phi) is 5.84. The van der Waals surface area contributed by atoms with Crippen LogP contribution in [-0.2, 0) is 16.6 Å². The highest BCUT2D eigenvalue weighted by molar-refractivity contribution is 7.92. The minimum Gasteiger partial charge on any atom is -0.497 e. The molecule has 0 aliphatic carbocycles. The molecule has 0 saturated carbocycles. The quantitative estimate of drug-likeness (QED) is 0.594. The Bertz CT molecular complexity index is 1050. The fourth-order valence-corrected chi connectivity index (χ4v) is 4.17. The summed E-state index contributed by atoms with van der Waals surface area (Å²) in [6, 6.07) is 18.8. The van der Waals surface area contributed by atoms with E-state index in [4.69, 9.17) is 9.47 Å². The van der Waals surface area contributed by atoms with E-state index in [9.17, 15) is 12.8 Å². The van der Waals surface area contributed by atoms with Gasteiger partial charge in [-0.1, -0.05) is 24.3 Å². The highest BCUT2D eigenvalue weighted by Gasteiger charge is 2.26. The molecule has 0 heterocycles. The third kappa shape index (κ3) is 4.09. The maximum absolute atomic E-state index is 14.2. The van der Waals surface area contributed by atoms with Crippen LogP contribution >= 0.6 is 0 Å². The molecule has 0 bridgehead atoms. The van der Waals surface area contributed by atoms with E-state index >= 15 is 0 Å². The molecule has 0 fully saturated rings. The molecular weight excluding hydrogens is 381 g/mol. The van der Waals surface area contributed by atoms with Crippen molar-refractivity contribution in [3.8, 4) is 11.5 Å². The molecule has 0 spiro atoms. The van der Waals surface area contributed by atoms with E-state index in [0.717, 1.165) is 4.31 Å². The fraction of sp³-hybridized carbons (Fsp3) is 0.143. The van der Waals surface area contributed by atoms with Crippen LogP contribution in [0.15, 0.2) is 77.7 Å². The maximum atomic E-state index is 14.2. The molecule has 146 valence electrons. The lowest BCUT2D eigenvalue weighted by atomic mass is 10.2. The van der Waals surface area contributed by atoms with Crippen molar-refractivity contribution in [2.45, 2.75) is 11.4 Å². The first-order chi connectivity index (χ1) is 13.5. The summed E-state index contributed by atoms with van der Waals surface area (Å²) >= 11 is 0. The molecule has 0 radical (unpaired) electrons. The number of ether oxygens (including phenoxy) is 2. The lowest BCUT2D eigenvalue weighted by Crippen LogP contribution is -2.31. The van der Waals surface area contributed by atoms with Gasteiger partial charge in [0.25, 0.3) is 10.0 Å². The predicted molar refractivity (Wildman–Crippen MR) is 106 cm³/mol. The van der Waals surface area contributed by atoms with Crippen LogP contribution in [0.5, 0.6) is 11.5 Å². The second-order valence-electron chi connectivity index (χ2n) is 5.98. The first-order valence-corrected chi connectivity index (χ1v) is 9.94. The topological polar surface area (TPSA) is 55.8 Å². The summed E-state index contributed by atoms with van der Waals surface area (Å²) in [5.41, 5.74) is 0.640. The average molecular weight is 401 g/mol. The van der Waals surface area contributed by atoms with Gasteiger partial charge in [-0.2, -0.15) is 0 Å². The number of rotatable bonds is 7. The van der Waals surface area contributed by atoms with Gasteiger partial charge < -0.3 is 9.47 Å². The number of hydrogen-bond donors (Lipinski definition) is 0. The van der Waals surface area contributed by atoms with Crippen molar-refractivity contribution in [1.29, 1.82) is 0 Å². The standard InChI is InChI=1S/C21H20FNO4S/c1-26-18-10-12-20(13-11-18)28(24,25)23(15-16-6-3-4-9-21(16)22)17-7-5-8-19(14-17)27-2/h3-14H,15H2,1-2H3. The first kappa shape index (κ1) is 19.7. The van der Waals surface area contributed by atoms with Crippen molar-refractivity contribution in [3.63, 3.8) is 0 Å². The Balaban J connectivity index is 2.09. The molecule has 7 heteroatoms. The second kappa shape index (κ2) is 8.31. The van der Waals surface area contributed by atoms with Crippen LogP contribution in [0.25, 0.3) is 0 Å². The van der Waals surface area contributed by atoms with Gasteiger partial charge in [-0.3, -0.25) is 4.31 Å². The molecule has 0 atom stereocenters. The summed E-state index contributed by atoms with van der Waals surface area (Å²) in [5.74, 6) is 0.572. The van der Waals surface area contributed by atoms with Crippen molar-refractivity contribution in [2.24, 2.45) is 0 Å². The summed E-state index contributed by atoms with van der Waals surface area (Å²) in [6.45, 7) is -0.159. The van der Waals surface area contributed by atoms with Crippen molar-refractivity contribution >= 4 is 15.7 Å². The van der Waals surface area contributed by atoms with Gasteiger partial charge in [0.15, 0.2) is 0 Å². The summed E-state index contributed by atoms with van der Waals surface area (Å²) < 4.78 is 52.4. The van der Waals surface area contributed by atoms with Gasteiger partial charge in [0.05, 0.1) is 31.3 Å². The number of sulfonamides is 1. The smallest absolute Gasteiger partial charge is 0.264 e. The molecule has 5 nitrogen and oxygen atoms in total. The Labute approximate surface area is 164 Å². The summed E-state index contributed by atoms with van der Waals surface area (Å²) in [5, 5.41) is 0. The van der Waals surface area contributed by atoms with Crippen molar-refractivity contribution < 1.29 is 22.3 Å². The average Bonchev–Trinajstić information content (AvgIpc) is 2.73. The minimum atomic E-state index is -3.96. The van der Waals surface area contributed by atoms with E-state index in [0.29, 0.717) is 17.2 Å². The van der Waals surface area contributed by atoms with Crippen LogP contribution < -0.4 is 13.8 Å². The Morgan fingerprint density at radius 2 is 1.54 bits per heavy atom. The van der Waals surface area contributed by atoms with E-state index in [1.54, 1.807) is 54.6 Å². The monoisotopic (exact) mass is 401 g/mol. The maximum Gasteiger partial charge on any atom is 0.264 e. The van der Waals surface area contributed by atoms with Gasteiger partial charge in [0, 0.05) is 11.6 Å². The molecule has 0 unspecified atom stereocenters. The van der Waals surface area contributed by atoms with E-state index in [1.807, 2.05) is 0 Å². The molecule has 3 aromatic carbocycles. The van der Waals surface area contributed by atoms with E-state index in [2.05, 4.69) is 0 Å². The third-order valence-electron chi connectivity index (χ3n) is 4.26. The third-order valence-corrected chi connectivity index (χ3v) is 6.05. The molecule has 0 aromatic heterocycles. The number of halogens is 1. The van der Waals surface area contributed by atoms with E-state index in [-0.39, 0.29) is 17.0 Å². The summed E-state index contributed by atoms with van der Waals surface area (Å²) in [6.07, 6.45) is 0. The highest BCUT2D eigenvalue weighted by atomic mass is 32.2. The van der Waals surface area contributed by atoms with Gasteiger partial charge in [0.2, 0.25) is 0 Å². The lowest BCUT2D eigenvalue weighted by Gasteiger charge is -2.25. The van der Waals surface area contributed by atoms with Crippen LogP contribution in [0.1, 0.15) is 5.56 Å². The largest absolute Gasteiger partial charge is 0.497 e. The SMILES string of the molecule is COc1ccc(S(=O)(=O)N(Cc2ccccc2F)c2cccc(OC)c2)cc1. The molecule has 0 aliphatic heterocycles. The zero-order valence-electron chi connectivity index (χ0n) is 15.5. The minimum absolute atomic E-state index is 0.0764. The van der Waals surface area contributed by atoms with Crippen molar-refractivity contribution in [1.82, 2.24) is 0 Å². The number of hydrogen-bond acceptors (Lipinski definition) is 4. The van der Waals surface area contributed by atoms with Gasteiger partial charge >= 0.3 is 0 Å². The zero-order valence-corrected chi connectivity index (χ0v) is 16.3. The van der Waals surface area contributed by atoms with E-state index < -0.39 is 15.8 Å². The molecule has 0 N–H and O–H groups in total. The fourth-order valence-electron chi connectivity index (χ4n) is 2.74.